The molecule has 0 saturated heterocycles. The summed E-state index contributed by atoms with van der Waals surface area (Å²) in [4.78, 5) is 15.7. The minimum atomic E-state index is -5.33. The zero-order valence-corrected chi connectivity index (χ0v) is 16.4. The first-order valence-corrected chi connectivity index (χ1v) is 9.31. The maximum Gasteiger partial charge on any atom is 0.504 e. The standard InChI is InChI=1S/C18H11F9N6O/c19-16(20,21)13-5-8(1-3-28-13)11-6-12-10(2-4-32(12)30-11)29-15(34)9-7-33(18(25,26)27)31-14(9)17(22,23)24/h1,3,5-7,10H,2,4H2,(H,29,34). The summed E-state index contributed by atoms with van der Waals surface area (Å²) in [5.41, 5.74) is -4.10. The summed E-state index contributed by atoms with van der Waals surface area (Å²) < 4.78 is 117. The molecule has 0 fully saturated rings. The highest BCUT2D eigenvalue weighted by molar-refractivity contribution is 5.95. The van der Waals surface area contributed by atoms with Gasteiger partial charge in [-0.1, -0.05) is 0 Å². The van der Waals surface area contributed by atoms with Crippen LogP contribution in [0, 0.1) is 0 Å². The van der Waals surface area contributed by atoms with Crippen LogP contribution in [0.1, 0.15) is 39.9 Å². The summed E-state index contributed by atoms with van der Waals surface area (Å²) in [5.74, 6) is -1.45. The number of rotatable bonds is 3. The number of halogens is 9. The molecule has 1 aliphatic heterocycles. The van der Waals surface area contributed by atoms with Crippen molar-refractivity contribution in [2.75, 3.05) is 0 Å². The van der Waals surface area contributed by atoms with Crippen LogP contribution in [0.2, 0.25) is 0 Å². The number of hydrogen-bond donors (Lipinski definition) is 1. The number of carbonyl (C=O) groups excluding carboxylic acids is 1. The second-order valence-electron chi connectivity index (χ2n) is 7.22. The first-order chi connectivity index (χ1) is 15.6. The zero-order valence-electron chi connectivity index (χ0n) is 16.4. The van der Waals surface area contributed by atoms with E-state index in [1.807, 2.05) is 0 Å². The highest BCUT2D eigenvalue weighted by Crippen LogP contribution is 2.35. The minimum Gasteiger partial charge on any atom is -0.343 e. The number of pyridine rings is 1. The number of amides is 1. The number of nitrogens with zero attached hydrogens (tertiary/aromatic N) is 5. The quantitative estimate of drug-likeness (QED) is 0.539. The van der Waals surface area contributed by atoms with Gasteiger partial charge in [-0.05, 0) is 24.6 Å². The van der Waals surface area contributed by atoms with Crippen LogP contribution in [0.3, 0.4) is 0 Å². The van der Waals surface area contributed by atoms with E-state index in [9.17, 15) is 44.3 Å². The highest BCUT2D eigenvalue weighted by Gasteiger charge is 2.43. The second-order valence-corrected chi connectivity index (χ2v) is 7.22. The molecular weight excluding hydrogens is 487 g/mol. The molecule has 0 bridgehead atoms. The molecule has 34 heavy (non-hydrogen) atoms. The molecule has 3 aromatic heterocycles. The van der Waals surface area contributed by atoms with Crippen LogP contribution in [-0.2, 0) is 25.2 Å². The third-order valence-electron chi connectivity index (χ3n) is 4.94. The fraction of sp³-hybridized carbons (Fsp3) is 0.333. The molecule has 1 atom stereocenters. The van der Waals surface area contributed by atoms with Crippen LogP contribution in [0.5, 0.6) is 0 Å². The Morgan fingerprint density at radius 3 is 2.32 bits per heavy atom. The van der Waals surface area contributed by atoms with Gasteiger partial charge in [0.25, 0.3) is 5.91 Å². The van der Waals surface area contributed by atoms with Crippen LogP contribution in [0.25, 0.3) is 11.3 Å². The van der Waals surface area contributed by atoms with Crippen LogP contribution in [0.4, 0.5) is 39.5 Å². The maximum atomic E-state index is 13.1. The molecule has 7 nitrogen and oxygen atoms in total. The number of aryl methyl sites for hydroxylation is 1. The molecule has 0 aromatic carbocycles. The molecule has 0 spiro atoms. The van der Waals surface area contributed by atoms with Crippen molar-refractivity contribution in [3.8, 4) is 11.3 Å². The summed E-state index contributed by atoms with van der Waals surface area (Å²) in [5, 5.41) is 8.80. The van der Waals surface area contributed by atoms with Gasteiger partial charge in [0.15, 0.2) is 5.69 Å². The molecule has 1 aliphatic rings. The predicted molar refractivity (Wildman–Crippen MR) is 93.8 cm³/mol. The number of aromatic nitrogens is 5. The third kappa shape index (κ3) is 4.43. The first kappa shape index (κ1) is 23.6. The molecule has 4 heterocycles. The van der Waals surface area contributed by atoms with Crippen molar-refractivity contribution in [3.63, 3.8) is 0 Å². The van der Waals surface area contributed by atoms with Crippen LogP contribution in [-0.4, -0.2) is 30.5 Å². The van der Waals surface area contributed by atoms with E-state index >= 15 is 0 Å². The minimum absolute atomic E-state index is 0.0557. The van der Waals surface area contributed by atoms with Gasteiger partial charge in [-0.15, -0.1) is 13.2 Å². The van der Waals surface area contributed by atoms with Crippen LogP contribution < -0.4 is 5.32 Å². The van der Waals surface area contributed by atoms with Gasteiger partial charge in [-0.25, -0.2) is 0 Å². The van der Waals surface area contributed by atoms with Gasteiger partial charge in [0.05, 0.1) is 23.0 Å². The van der Waals surface area contributed by atoms with Crippen molar-refractivity contribution in [1.82, 2.24) is 29.9 Å². The molecule has 1 unspecified atom stereocenters. The van der Waals surface area contributed by atoms with Crippen molar-refractivity contribution in [1.29, 1.82) is 0 Å². The monoisotopic (exact) mass is 498 g/mol. The molecule has 3 aromatic rings. The lowest BCUT2D eigenvalue weighted by Gasteiger charge is -2.12. The molecule has 16 heteroatoms. The topological polar surface area (TPSA) is 77.6 Å². The Morgan fingerprint density at radius 2 is 1.71 bits per heavy atom. The Hall–Kier alpha value is -3.59. The predicted octanol–water partition coefficient (Wildman–Crippen LogP) is 4.53. The number of hydrogen-bond acceptors (Lipinski definition) is 4. The lowest BCUT2D eigenvalue weighted by molar-refractivity contribution is -0.214. The molecule has 1 amide bonds. The highest BCUT2D eigenvalue weighted by atomic mass is 19.4. The van der Waals surface area contributed by atoms with Crippen molar-refractivity contribution in [3.05, 3.63) is 53.2 Å². The third-order valence-corrected chi connectivity index (χ3v) is 4.94. The Morgan fingerprint density at radius 1 is 1.00 bits per heavy atom. The molecule has 1 N–H and O–H groups in total. The van der Waals surface area contributed by atoms with Crippen molar-refractivity contribution >= 4 is 5.91 Å². The molecule has 0 saturated carbocycles. The summed E-state index contributed by atoms with van der Waals surface area (Å²) in [6.07, 6.45) is -14.3. The lowest BCUT2D eigenvalue weighted by Crippen LogP contribution is -2.28. The van der Waals surface area contributed by atoms with E-state index in [4.69, 9.17) is 0 Å². The largest absolute Gasteiger partial charge is 0.504 e. The zero-order chi connectivity index (χ0) is 25.1. The van der Waals surface area contributed by atoms with E-state index in [0.29, 0.717) is 0 Å². The molecular formula is C18H11F9N6O. The Kier molecular flexibility index (Phi) is 5.36. The number of carbonyl (C=O) groups is 1. The van der Waals surface area contributed by atoms with Crippen molar-refractivity contribution in [2.24, 2.45) is 0 Å². The average Bonchev–Trinajstić information content (AvgIpc) is 3.42. The van der Waals surface area contributed by atoms with Gasteiger partial charge < -0.3 is 5.32 Å². The Bertz CT molecular complexity index is 1240. The van der Waals surface area contributed by atoms with Crippen LogP contribution in [0.15, 0.2) is 30.6 Å². The van der Waals surface area contributed by atoms with Gasteiger partial charge in [0.1, 0.15) is 5.69 Å². The average molecular weight is 498 g/mol. The number of fused-ring (bicyclic) bond motifs is 1. The van der Waals surface area contributed by atoms with E-state index in [2.05, 4.69) is 20.5 Å². The summed E-state index contributed by atoms with van der Waals surface area (Å²) >= 11 is 0. The Balaban J connectivity index is 1.61. The van der Waals surface area contributed by atoms with E-state index in [0.717, 1.165) is 12.3 Å². The van der Waals surface area contributed by atoms with Crippen molar-refractivity contribution < 1.29 is 44.3 Å². The second kappa shape index (κ2) is 7.73. The summed E-state index contributed by atoms with van der Waals surface area (Å²) in [6, 6.07) is 2.40. The smallest absolute Gasteiger partial charge is 0.343 e. The maximum absolute atomic E-state index is 13.1. The number of alkyl halides is 9. The van der Waals surface area contributed by atoms with Crippen LogP contribution >= 0.6 is 0 Å². The number of nitrogens with one attached hydrogen (secondary N) is 1. The van der Waals surface area contributed by atoms with E-state index < -0.39 is 52.2 Å². The molecule has 0 radical (unpaired) electrons. The fourth-order valence-corrected chi connectivity index (χ4v) is 3.44. The SMILES string of the molecule is O=C(NC1CCn2nc(-c3ccnc(C(F)(F)F)c3)cc21)c1cn(C(F)(F)F)nc1C(F)(F)F. The normalized spacial score (nSPS) is 16.6. The van der Waals surface area contributed by atoms with E-state index in [1.165, 1.54) is 16.8 Å². The fourth-order valence-electron chi connectivity index (χ4n) is 3.44. The van der Waals surface area contributed by atoms with Gasteiger partial charge in [-0.3, -0.25) is 14.5 Å². The molecule has 182 valence electrons. The summed E-state index contributed by atoms with van der Waals surface area (Å²) in [6.45, 7) is 0.158. The van der Waals surface area contributed by atoms with Gasteiger partial charge in [0, 0.05) is 24.5 Å². The van der Waals surface area contributed by atoms with Crippen molar-refractivity contribution in [2.45, 2.75) is 37.7 Å². The van der Waals surface area contributed by atoms with Gasteiger partial charge in [-0.2, -0.15) is 41.2 Å². The molecule has 4 rings (SSSR count). The Labute approximate surface area is 183 Å². The van der Waals surface area contributed by atoms with E-state index in [1.54, 1.807) is 0 Å². The molecule has 0 aliphatic carbocycles. The van der Waals surface area contributed by atoms with Gasteiger partial charge >= 0.3 is 18.7 Å². The first-order valence-electron chi connectivity index (χ1n) is 9.31. The lowest BCUT2D eigenvalue weighted by atomic mass is 10.1. The summed E-state index contributed by atoms with van der Waals surface area (Å²) in [7, 11) is 0. The van der Waals surface area contributed by atoms with Gasteiger partial charge in [0.2, 0.25) is 0 Å². The van der Waals surface area contributed by atoms with E-state index in [-0.39, 0.29) is 36.1 Å².